The maximum absolute atomic E-state index is 13.9. The summed E-state index contributed by atoms with van der Waals surface area (Å²) in [6.07, 6.45) is -0.365. The molecule has 2 aliphatic heterocycles. The van der Waals surface area contributed by atoms with E-state index in [2.05, 4.69) is 0 Å². The second-order valence-electron chi connectivity index (χ2n) is 6.08. The molecule has 18 heavy (non-hydrogen) atoms. The Kier molecular flexibility index (Phi) is 3.01. The lowest BCUT2D eigenvalue weighted by molar-refractivity contribution is -0.320. The van der Waals surface area contributed by atoms with Gasteiger partial charge in [-0.2, -0.15) is 4.20 Å². The maximum Gasteiger partial charge on any atom is 0.404 e. The van der Waals surface area contributed by atoms with E-state index in [-0.39, 0.29) is 0 Å². The molecular formula is C11H20FNO4P. The molecule has 2 saturated heterocycles. The molecule has 3 atom stereocenters. The molecule has 2 aliphatic rings. The standard InChI is InChI=1S/C11H20FNO4P/c1-6-16-8-7-9(2,3)13(14)10(4,5)11(8)17-18(11,12)15/h8H,6-7H2,1-5H3. The summed E-state index contributed by atoms with van der Waals surface area (Å²) in [6.45, 7) is 8.81. The van der Waals surface area contributed by atoms with E-state index >= 15 is 0 Å². The fraction of sp³-hybridized carbons (Fsp3) is 1.00. The number of hydrogen-bond donors (Lipinski definition) is 0. The van der Waals surface area contributed by atoms with Crippen molar-refractivity contribution >= 4 is 7.68 Å². The zero-order valence-electron chi connectivity index (χ0n) is 11.4. The van der Waals surface area contributed by atoms with Gasteiger partial charge < -0.3 is 4.74 Å². The van der Waals surface area contributed by atoms with Crippen molar-refractivity contribution < 1.29 is 23.2 Å². The number of ether oxygens (including phenoxy) is 1. The minimum Gasteiger partial charge on any atom is -0.375 e. The van der Waals surface area contributed by atoms with Crippen LogP contribution >= 0.6 is 7.68 Å². The van der Waals surface area contributed by atoms with Gasteiger partial charge in [0.25, 0.3) is 0 Å². The second-order valence-corrected chi connectivity index (χ2v) is 7.89. The first-order valence-electron chi connectivity index (χ1n) is 6.12. The summed E-state index contributed by atoms with van der Waals surface area (Å²) in [4.78, 5) is 0. The Morgan fingerprint density at radius 3 is 2.33 bits per heavy atom. The summed E-state index contributed by atoms with van der Waals surface area (Å²) < 4.78 is 36.1. The topological polar surface area (TPSA) is 62.0 Å². The number of halogens is 1. The van der Waals surface area contributed by atoms with Gasteiger partial charge in [0.2, 0.25) is 5.34 Å². The number of piperidine rings is 1. The van der Waals surface area contributed by atoms with E-state index in [4.69, 9.17) is 9.26 Å². The van der Waals surface area contributed by atoms with Gasteiger partial charge in [-0.05, 0) is 41.0 Å². The molecule has 2 rings (SSSR count). The molecule has 5 nitrogen and oxygen atoms in total. The molecule has 0 aromatic rings. The van der Waals surface area contributed by atoms with Crippen LogP contribution in [0.25, 0.3) is 0 Å². The monoisotopic (exact) mass is 280 g/mol. The maximum atomic E-state index is 13.9. The van der Waals surface area contributed by atoms with Crippen LogP contribution in [0.3, 0.4) is 0 Å². The van der Waals surface area contributed by atoms with Gasteiger partial charge >= 0.3 is 7.68 Å². The molecule has 0 aliphatic carbocycles. The smallest absolute Gasteiger partial charge is 0.375 e. The molecular weight excluding hydrogens is 260 g/mol. The first kappa shape index (κ1) is 14.4. The van der Waals surface area contributed by atoms with Gasteiger partial charge in [-0.1, -0.05) is 0 Å². The predicted octanol–water partition coefficient (Wildman–Crippen LogP) is 2.89. The lowest BCUT2D eigenvalue weighted by Crippen LogP contribution is -2.69. The van der Waals surface area contributed by atoms with E-state index in [9.17, 15) is 14.0 Å². The molecule has 3 unspecified atom stereocenters. The van der Waals surface area contributed by atoms with E-state index in [1.807, 2.05) is 0 Å². The molecule has 0 bridgehead atoms. The van der Waals surface area contributed by atoms with Crippen molar-refractivity contribution in [3.63, 3.8) is 0 Å². The van der Waals surface area contributed by atoms with Crippen LogP contribution in [-0.4, -0.2) is 34.2 Å². The van der Waals surface area contributed by atoms with Crippen LogP contribution in [0.4, 0.5) is 4.20 Å². The van der Waals surface area contributed by atoms with Crippen LogP contribution in [0.5, 0.6) is 0 Å². The average molecular weight is 280 g/mol. The van der Waals surface area contributed by atoms with Gasteiger partial charge in [0, 0.05) is 12.1 Å². The first-order valence-corrected chi connectivity index (χ1v) is 7.64. The Balaban J connectivity index is 2.46. The zero-order chi connectivity index (χ0) is 14.0. The third kappa shape index (κ3) is 1.56. The Labute approximate surface area is 107 Å². The largest absolute Gasteiger partial charge is 0.404 e. The number of hydroxylamine groups is 2. The molecule has 2 heterocycles. The molecule has 2 fully saturated rings. The summed E-state index contributed by atoms with van der Waals surface area (Å²) in [5.74, 6) is 0. The molecule has 1 spiro atoms. The lowest BCUT2D eigenvalue weighted by Gasteiger charge is -2.52. The van der Waals surface area contributed by atoms with Crippen molar-refractivity contribution in [2.75, 3.05) is 6.61 Å². The number of nitrogens with zero attached hydrogens (tertiary/aromatic N) is 1. The van der Waals surface area contributed by atoms with E-state index in [0.29, 0.717) is 13.0 Å². The highest BCUT2D eigenvalue weighted by Crippen LogP contribution is 2.86. The van der Waals surface area contributed by atoms with Gasteiger partial charge in [-0.3, -0.25) is 9.09 Å². The number of rotatable bonds is 2. The van der Waals surface area contributed by atoms with E-state index < -0.39 is 30.2 Å². The molecule has 0 aromatic heterocycles. The SMILES string of the molecule is CCOC1CC(C)(C)N([O])C(C)(C)C12OP2(=O)F. The summed E-state index contributed by atoms with van der Waals surface area (Å²) >= 11 is 0. The van der Waals surface area contributed by atoms with Gasteiger partial charge in [-0.15, -0.1) is 10.3 Å². The summed E-state index contributed by atoms with van der Waals surface area (Å²) in [5.41, 5.74) is -1.93. The van der Waals surface area contributed by atoms with Crippen molar-refractivity contribution in [2.45, 2.75) is 63.6 Å². The molecule has 0 aromatic carbocycles. The van der Waals surface area contributed by atoms with E-state index in [1.54, 1.807) is 34.6 Å². The van der Waals surface area contributed by atoms with Gasteiger partial charge in [0.1, 0.15) is 6.10 Å². The summed E-state index contributed by atoms with van der Waals surface area (Å²) in [5, 5.41) is 11.6. The Hall–Kier alpha value is 0. The molecule has 1 radical (unpaired) electrons. The molecule has 105 valence electrons. The summed E-state index contributed by atoms with van der Waals surface area (Å²) in [7, 11) is -4.26. The Morgan fingerprint density at radius 1 is 1.44 bits per heavy atom. The zero-order valence-corrected chi connectivity index (χ0v) is 12.3. The molecule has 0 N–H and O–H groups in total. The Morgan fingerprint density at radius 2 is 1.94 bits per heavy atom. The highest BCUT2D eigenvalue weighted by molar-refractivity contribution is 7.61. The third-order valence-electron chi connectivity index (χ3n) is 4.04. The molecule has 0 saturated carbocycles. The number of hydrogen-bond acceptors (Lipinski definition) is 4. The van der Waals surface area contributed by atoms with Crippen molar-refractivity contribution in [1.29, 1.82) is 0 Å². The van der Waals surface area contributed by atoms with Crippen molar-refractivity contribution in [3.05, 3.63) is 0 Å². The third-order valence-corrected chi connectivity index (χ3v) is 6.12. The first-order chi connectivity index (χ1) is 8.03. The molecule has 7 heteroatoms. The van der Waals surface area contributed by atoms with Crippen molar-refractivity contribution in [3.8, 4) is 0 Å². The predicted molar refractivity (Wildman–Crippen MR) is 63.2 cm³/mol. The van der Waals surface area contributed by atoms with Crippen molar-refractivity contribution in [1.82, 2.24) is 5.06 Å². The lowest BCUT2D eigenvalue weighted by atomic mass is 9.77. The van der Waals surface area contributed by atoms with Gasteiger partial charge in [-0.25, -0.2) is 0 Å². The minimum atomic E-state index is -4.26. The van der Waals surface area contributed by atoms with Crippen LogP contribution in [0, 0.1) is 0 Å². The van der Waals surface area contributed by atoms with Crippen molar-refractivity contribution in [2.24, 2.45) is 0 Å². The van der Waals surface area contributed by atoms with E-state index in [1.165, 1.54) is 0 Å². The van der Waals surface area contributed by atoms with Crippen LogP contribution in [0.15, 0.2) is 0 Å². The highest BCUT2D eigenvalue weighted by atomic mass is 31.2. The van der Waals surface area contributed by atoms with E-state index in [0.717, 1.165) is 5.06 Å². The quantitative estimate of drug-likeness (QED) is 0.576. The van der Waals surface area contributed by atoms with Crippen LogP contribution in [0.2, 0.25) is 0 Å². The minimum absolute atomic E-state index is 0.293. The van der Waals surface area contributed by atoms with Gasteiger partial charge in [0.05, 0.1) is 5.54 Å². The second kappa shape index (κ2) is 3.76. The van der Waals surface area contributed by atoms with Crippen LogP contribution in [-0.2, 0) is 19.0 Å². The summed E-state index contributed by atoms with van der Waals surface area (Å²) in [6, 6.07) is 0. The Bertz CT molecular complexity index is 414. The van der Waals surface area contributed by atoms with Crippen LogP contribution in [0.1, 0.15) is 41.0 Å². The average Bonchev–Trinajstić information content (AvgIpc) is 2.80. The fourth-order valence-corrected chi connectivity index (χ4v) is 5.28. The van der Waals surface area contributed by atoms with Gasteiger partial charge in [0.15, 0.2) is 0 Å². The normalized spacial score (nSPS) is 46.3. The van der Waals surface area contributed by atoms with Crippen LogP contribution < -0.4 is 0 Å². The fourth-order valence-electron chi connectivity index (χ4n) is 3.17. The highest BCUT2D eigenvalue weighted by Gasteiger charge is 2.85. The molecule has 0 amide bonds.